The van der Waals surface area contributed by atoms with Gasteiger partial charge in [-0.2, -0.15) is 0 Å². The number of amides is 1. The van der Waals surface area contributed by atoms with Gasteiger partial charge in [0.1, 0.15) is 23.1 Å². The van der Waals surface area contributed by atoms with Crippen LogP contribution in [0, 0.1) is 17.5 Å². The van der Waals surface area contributed by atoms with Crippen molar-refractivity contribution in [3.63, 3.8) is 0 Å². The Morgan fingerprint density at radius 2 is 1.71 bits per heavy atom. The summed E-state index contributed by atoms with van der Waals surface area (Å²) in [5.41, 5.74) is -0.788. The molecule has 0 aliphatic heterocycles. The van der Waals surface area contributed by atoms with E-state index in [-0.39, 0.29) is 24.9 Å². The average molecular weight is 337 g/mol. The van der Waals surface area contributed by atoms with Crippen LogP contribution in [0.15, 0.2) is 42.5 Å². The molecule has 0 saturated heterocycles. The quantitative estimate of drug-likeness (QED) is 0.851. The number of rotatable bonds is 6. The number of carbonyl (C=O) groups is 1. The maximum Gasteiger partial charge on any atom is 0.220 e. The average Bonchev–Trinajstić information content (AvgIpc) is 2.54. The molecule has 0 aromatic heterocycles. The van der Waals surface area contributed by atoms with Crippen LogP contribution in [0.25, 0.3) is 0 Å². The van der Waals surface area contributed by atoms with E-state index in [2.05, 4.69) is 5.32 Å². The fourth-order valence-corrected chi connectivity index (χ4v) is 2.25. The number of aryl methyl sites for hydroxylation is 1. The molecule has 128 valence electrons. The van der Waals surface area contributed by atoms with E-state index in [1.54, 1.807) is 0 Å². The van der Waals surface area contributed by atoms with Gasteiger partial charge in [0.2, 0.25) is 5.91 Å². The summed E-state index contributed by atoms with van der Waals surface area (Å²) in [5.74, 6) is -1.95. The first-order valence-corrected chi connectivity index (χ1v) is 7.47. The summed E-state index contributed by atoms with van der Waals surface area (Å²) >= 11 is 0. The Bertz CT molecular complexity index is 715. The molecule has 2 aromatic carbocycles. The van der Waals surface area contributed by atoms with Crippen LogP contribution in [0.1, 0.15) is 24.5 Å². The first kappa shape index (κ1) is 18.0. The summed E-state index contributed by atoms with van der Waals surface area (Å²) in [7, 11) is 0. The van der Waals surface area contributed by atoms with Crippen LogP contribution < -0.4 is 5.32 Å². The highest BCUT2D eigenvalue weighted by molar-refractivity contribution is 5.76. The lowest BCUT2D eigenvalue weighted by atomic mass is 9.96. The minimum atomic E-state index is -1.37. The first-order chi connectivity index (χ1) is 11.3. The van der Waals surface area contributed by atoms with Gasteiger partial charge < -0.3 is 10.4 Å². The normalized spacial score (nSPS) is 13.4. The molecule has 0 fully saturated rings. The third-order valence-electron chi connectivity index (χ3n) is 3.73. The van der Waals surface area contributed by atoms with Crippen LogP contribution in [-0.2, 0) is 16.8 Å². The lowest BCUT2D eigenvalue weighted by Crippen LogP contribution is -2.38. The second-order valence-corrected chi connectivity index (χ2v) is 5.79. The fourth-order valence-electron chi connectivity index (χ4n) is 2.25. The number of halogens is 3. The summed E-state index contributed by atoms with van der Waals surface area (Å²) < 4.78 is 39.4. The molecule has 6 heteroatoms. The van der Waals surface area contributed by atoms with Gasteiger partial charge in [-0.25, -0.2) is 13.2 Å². The van der Waals surface area contributed by atoms with Crippen LogP contribution >= 0.6 is 0 Å². The minimum absolute atomic E-state index is 0.0418. The zero-order valence-corrected chi connectivity index (χ0v) is 13.2. The molecular formula is C18H18F3NO2. The molecular weight excluding hydrogens is 319 g/mol. The molecule has 1 atom stereocenters. The fraction of sp³-hybridized carbons (Fsp3) is 0.278. The van der Waals surface area contributed by atoms with E-state index >= 15 is 0 Å². The topological polar surface area (TPSA) is 49.3 Å². The molecule has 2 aromatic rings. The van der Waals surface area contributed by atoms with Gasteiger partial charge in [0, 0.05) is 6.42 Å². The second-order valence-electron chi connectivity index (χ2n) is 5.79. The van der Waals surface area contributed by atoms with Crippen LogP contribution in [0.4, 0.5) is 13.2 Å². The van der Waals surface area contributed by atoms with Crippen LogP contribution in [0.3, 0.4) is 0 Å². The summed E-state index contributed by atoms with van der Waals surface area (Å²) in [6.45, 7) is 1.41. The Morgan fingerprint density at radius 1 is 1.08 bits per heavy atom. The van der Waals surface area contributed by atoms with Gasteiger partial charge in [-0.15, -0.1) is 0 Å². The molecule has 1 unspecified atom stereocenters. The van der Waals surface area contributed by atoms with E-state index in [0.717, 1.165) is 18.2 Å². The zero-order chi connectivity index (χ0) is 17.7. The van der Waals surface area contributed by atoms with Crippen LogP contribution in [-0.4, -0.2) is 17.6 Å². The summed E-state index contributed by atoms with van der Waals surface area (Å²) in [4.78, 5) is 11.8. The largest absolute Gasteiger partial charge is 0.384 e. The highest BCUT2D eigenvalue weighted by Gasteiger charge is 2.23. The van der Waals surface area contributed by atoms with Gasteiger partial charge in [-0.1, -0.05) is 12.1 Å². The number of benzene rings is 2. The molecule has 0 spiro atoms. The lowest BCUT2D eigenvalue weighted by molar-refractivity contribution is -0.122. The third-order valence-corrected chi connectivity index (χ3v) is 3.73. The standard InChI is InChI=1S/C18H18F3NO2/c1-18(24,13-3-5-14(19)6-4-13)11-22-17(23)9-2-12-10-15(20)7-8-16(12)21/h3-8,10,24H,2,9,11H2,1H3,(H,22,23). The smallest absolute Gasteiger partial charge is 0.220 e. The van der Waals surface area contributed by atoms with E-state index in [4.69, 9.17) is 0 Å². The highest BCUT2D eigenvalue weighted by Crippen LogP contribution is 2.20. The maximum atomic E-state index is 13.5. The lowest BCUT2D eigenvalue weighted by Gasteiger charge is -2.24. The number of carbonyl (C=O) groups excluding carboxylic acids is 1. The minimum Gasteiger partial charge on any atom is -0.384 e. The van der Waals surface area contributed by atoms with Crippen molar-refractivity contribution < 1.29 is 23.1 Å². The summed E-state index contributed by atoms with van der Waals surface area (Å²) in [5, 5.41) is 12.9. The summed E-state index contributed by atoms with van der Waals surface area (Å²) in [6, 6.07) is 8.39. The van der Waals surface area contributed by atoms with E-state index in [0.29, 0.717) is 5.56 Å². The molecule has 2 rings (SSSR count). The third kappa shape index (κ3) is 4.83. The van der Waals surface area contributed by atoms with Gasteiger partial charge in [0.25, 0.3) is 0 Å². The molecule has 0 aliphatic rings. The number of hydrogen-bond acceptors (Lipinski definition) is 2. The van der Waals surface area contributed by atoms with Crippen LogP contribution in [0.2, 0.25) is 0 Å². The van der Waals surface area contributed by atoms with Crippen molar-refractivity contribution in [3.8, 4) is 0 Å². The first-order valence-electron chi connectivity index (χ1n) is 7.47. The Morgan fingerprint density at radius 3 is 2.38 bits per heavy atom. The number of nitrogens with one attached hydrogen (secondary N) is 1. The SMILES string of the molecule is CC(O)(CNC(=O)CCc1cc(F)ccc1F)c1ccc(F)cc1. The zero-order valence-electron chi connectivity index (χ0n) is 13.2. The molecule has 0 heterocycles. The van der Waals surface area contributed by atoms with Crippen molar-refractivity contribution >= 4 is 5.91 Å². The van der Waals surface area contributed by atoms with Crippen molar-refractivity contribution in [2.45, 2.75) is 25.4 Å². The Kier molecular flexibility index (Phi) is 5.62. The second kappa shape index (κ2) is 7.49. The number of aliphatic hydroxyl groups is 1. The monoisotopic (exact) mass is 337 g/mol. The molecule has 0 saturated carbocycles. The predicted molar refractivity (Wildman–Crippen MR) is 83.7 cm³/mol. The van der Waals surface area contributed by atoms with E-state index in [1.165, 1.54) is 31.2 Å². The Labute approximate surface area is 138 Å². The van der Waals surface area contributed by atoms with Gasteiger partial charge in [-0.05, 0) is 54.8 Å². The van der Waals surface area contributed by atoms with Crippen LogP contribution in [0.5, 0.6) is 0 Å². The molecule has 0 radical (unpaired) electrons. The van der Waals surface area contributed by atoms with E-state index in [9.17, 15) is 23.1 Å². The highest BCUT2D eigenvalue weighted by atomic mass is 19.1. The van der Waals surface area contributed by atoms with Gasteiger partial charge in [-0.3, -0.25) is 4.79 Å². The van der Waals surface area contributed by atoms with Gasteiger partial charge in [0.05, 0.1) is 6.54 Å². The van der Waals surface area contributed by atoms with Crippen molar-refractivity contribution in [2.24, 2.45) is 0 Å². The van der Waals surface area contributed by atoms with Crippen molar-refractivity contribution in [3.05, 3.63) is 71.0 Å². The predicted octanol–water partition coefficient (Wildman–Crippen LogP) is 3.06. The summed E-state index contributed by atoms with van der Waals surface area (Å²) in [6.07, 6.45) is 0.00793. The van der Waals surface area contributed by atoms with E-state index < -0.39 is 29.0 Å². The molecule has 24 heavy (non-hydrogen) atoms. The maximum absolute atomic E-state index is 13.5. The van der Waals surface area contributed by atoms with Crippen molar-refractivity contribution in [2.75, 3.05) is 6.54 Å². The molecule has 0 bridgehead atoms. The molecule has 0 aliphatic carbocycles. The Balaban J connectivity index is 1.88. The van der Waals surface area contributed by atoms with Gasteiger partial charge in [0.15, 0.2) is 0 Å². The van der Waals surface area contributed by atoms with Crippen molar-refractivity contribution in [1.29, 1.82) is 0 Å². The van der Waals surface area contributed by atoms with Crippen molar-refractivity contribution in [1.82, 2.24) is 5.32 Å². The molecule has 3 nitrogen and oxygen atoms in total. The number of hydrogen-bond donors (Lipinski definition) is 2. The van der Waals surface area contributed by atoms with Gasteiger partial charge >= 0.3 is 0 Å². The Hall–Kier alpha value is -2.34. The molecule has 1 amide bonds. The molecule has 2 N–H and O–H groups in total. The van der Waals surface area contributed by atoms with E-state index in [1.807, 2.05) is 0 Å².